The van der Waals surface area contributed by atoms with Crippen molar-refractivity contribution >= 4 is 23.8 Å². The maximum absolute atomic E-state index is 12.5. The average molecular weight is 352 g/mol. The van der Waals surface area contributed by atoms with Crippen molar-refractivity contribution in [3.8, 4) is 5.75 Å². The summed E-state index contributed by atoms with van der Waals surface area (Å²) < 4.78 is 4.91. The predicted molar refractivity (Wildman–Crippen MR) is 87.2 cm³/mol. The summed E-state index contributed by atoms with van der Waals surface area (Å²) in [6.45, 7) is 1.27. The Labute approximate surface area is 148 Å². The van der Waals surface area contributed by atoms with Crippen LogP contribution >= 0.6 is 0 Å². The third-order valence-electron chi connectivity index (χ3n) is 4.02. The van der Waals surface area contributed by atoms with Gasteiger partial charge in [0.15, 0.2) is 0 Å². The van der Waals surface area contributed by atoms with Crippen molar-refractivity contribution in [2.24, 2.45) is 0 Å². The number of carboxylic acid groups (broad SMARTS) is 1. The summed E-state index contributed by atoms with van der Waals surface area (Å²) in [6.07, 6.45) is -0.117. The molecule has 0 N–H and O–H groups in total. The number of amides is 2. The number of benzene rings is 2. The molecule has 0 saturated carbocycles. The van der Waals surface area contributed by atoms with Crippen LogP contribution in [0.15, 0.2) is 48.5 Å². The van der Waals surface area contributed by atoms with E-state index < -0.39 is 29.8 Å². The number of nitrogens with zero attached hydrogens (tertiary/aromatic N) is 1. The monoisotopic (exact) mass is 352 g/mol. The number of esters is 1. The number of imide groups is 1. The van der Waals surface area contributed by atoms with Crippen LogP contribution in [0.1, 0.15) is 33.2 Å². The maximum Gasteiger partial charge on any atom is 0.308 e. The van der Waals surface area contributed by atoms with Crippen LogP contribution in [0.5, 0.6) is 5.75 Å². The van der Waals surface area contributed by atoms with E-state index in [0.717, 1.165) is 4.90 Å². The quantitative estimate of drug-likeness (QED) is 0.443. The molecule has 132 valence electrons. The molecule has 1 heterocycles. The van der Waals surface area contributed by atoms with Gasteiger partial charge in [-0.2, -0.15) is 0 Å². The van der Waals surface area contributed by atoms with Gasteiger partial charge in [0.2, 0.25) is 0 Å². The van der Waals surface area contributed by atoms with Crippen LogP contribution in [-0.4, -0.2) is 34.7 Å². The number of rotatable bonds is 5. The Hall–Kier alpha value is -3.48. The van der Waals surface area contributed by atoms with Gasteiger partial charge in [0.25, 0.3) is 11.8 Å². The Bertz CT molecular complexity index is 868. The lowest BCUT2D eigenvalue weighted by atomic mass is 10.0. The van der Waals surface area contributed by atoms with Crippen LogP contribution in [0.3, 0.4) is 0 Å². The van der Waals surface area contributed by atoms with E-state index in [9.17, 15) is 24.3 Å². The Morgan fingerprint density at radius 2 is 1.54 bits per heavy atom. The average Bonchev–Trinajstić information content (AvgIpc) is 2.85. The van der Waals surface area contributed by atoms with E-state index in [4.69, 9.17) is 4.74 Å². The molecule has 0 unspecified atom stereocenters. The molecule has 2 aromatic rings. The summed E-state index contributed by atoms with van der Waals surface area (Å²) in [5.41, 5.74) is 0.898. The van der Waals surface area contributed by atoms with Crippen molar-refractivity contribution in [1.82, 2.24) is 4.90 Å². The van der Waals surface area contributed by atoms with E-state index in [1.807, 2.05) is 0 Å². The first-order chi connectivity index (χ1) is 12.4. The molecular weight excluding hydrogens is 338 g/mol. The molecule has 26 heavy (non-hydrogen) atoms. The van der Waals surface area contributed by atoms with E-state index in [1.165, 1.54) is 31.2 Å². The number of aliphatic carboxylic acids is 1. The van der Waals surface area contributed by atoms with Gasteiger partial charge in [0, 0.05) is 6.92 Å². The fourth-order valence-corrected chi connectivity index (χ4v) is 2.85. The van der Waals surface area contributed by atoms with E-state index in [2.05, 4.69) is 0 Å². The van der Waals surface area contributed by atoms with E-state index in [-0.39, 0.29) is 17.5 Å². The summed E-state index contributed by atoms with van der Waals surface area (Å²) >= 11 is 0. The van der Waals surface area contributed by atoms with Crippen LogP contribution in [0.25, 0.3) is 0 Å². The van der Waals surface area contributed by atoms with Crippen molar-refractivity contribution < 1.29 is 29.0 Å². The number of fused-ring (bicyclic) bond motifs is 1. The number of carbonyl (C=O) groups excluding carboxylic acids is 4. The molecule has 7 nitrogen and oxygen atoms in total. The zero-order valence-electron chi connectivity index (χ0n) is 13.8. The normalized spacial score (nSPS) is 14.1. The fraction of sp³-hybridized carbons (Fsp3) is 0.158. The standard InChI is InChI=1S/C19H15NO6/c1-11(21)26-13-8-6-12(7-9-13)10-16(19(24)25)20-17(22)14-4-2-3-5-15(14)18(20)23/h2-9,16H,10H2,1H3,(H,24,25)/p-1/t16-/m1/s1. The zero-order valence-corrected chi connectivity index (χ0v) is 13.8. The minimum Gasteiger partial charge on any atom is -0.548 e. The lowest BCUT2D eigenvalue weighted by Crippen LogP contribution is -2.51. The number of carboxylic acids is 1. The number of carbonyl (C=O) groups is 4. The molecule has 3 rings (SSSR count). The third kappa shape index (κ3) is 3.19. The second kappa shape index (κ2) is 6.79. The summed E-state index contributed by atoms with van der Waals surface area (Å²) in [7, 11) is 0. The highest BCUT2D eigenvalue weighted by molar-refractivity contribution is 6.22. The lowest BCUT2D eigenvalue weighted by molar-refractivity contribution is -0.310. The number of hydrogen-bond donors (Lipinski definition) is 0. The Kier molecular flexibility index (Phi) is 4.53. The Morgan fingerprint density at radius 3 is 2.00 bits per heavy atom. The number of hydrogen-bond acceptors (Lipinski definition) is 6. The van der Waals surface area contributed by atoms with Gasteiger partial charge < -0.3 is 14.6 Å². The summed E-state index contributed by atoms with van der Waals surface area (Å²) in [4.78, 5) is 48.2. The first-order valence-electron chi connectivity index (χ1n) is 7.83. The minimum atomic E-state index is -1.52. The van der Waals surface area contributed by atoms with E-state index in [0.29, 0.717) is 11.3 Å². The molecule has 0 bridgehead atoms. The van der Waals surface area contributed by atoms with Gasteiger partial charge in [0.05, 0.1) is 23.1 Å². The van der Waals surface area contributed by atoms with Gasteiger partial charge in [-0.1, -0.05) is 24.3 Å². The van der Waals surface area contributed by atoms with E-state index >= 15 is 0 Å². The van der Waals surface area contributed by atoms with Gasteiger partial charge in [-0.05, 0) is 36.2 Å². The molecular formula is C19H14NO6-. The second-order valence-electron chi connectivity index (χ2n) is 5.80. The molecule has 2 aromatic carbocycles. The molecule has 0 aliphatic carbocycles. The zero-order chi connectivity index (χ0) is 18.8. The maximum atomic E-state index is 12.5. The van der Waals surface area contributed by atoms with Gasteiger partial charge in [0.1, 0.15) is 5.75 Å². The van der Waals surface area contributed by atoms with Crippen molar-refractivity contribution in [3.63, 3.8) is 0 Å². The lowest BCUT2D eigenvalue weighted by Gasteiger charge is -2.27. The van der Waals surface area contributed by atoms with Gasteiger partial charge >= 0.3 is 5.97 Å². The molecule has 1 atom stereocenters. The van der Waals surface area contributed by atoms with Gasteiger partial charge in [-0.3, -0.25) is 19.3 Å². The second-order valence-corrected chi connectivity index (χ2v) is 5.80. The van der Waals surface area contributed by atoms with Crippen LogP contribution in [0.2, 0.25) is 0 Å². The summed E-state index contributed by atoms with van der Waals surface area (Å²) in [5, 5.41) is 11.6. The van der Waals surface area contributed by atoms with E-state index in [1.54, 1.807) is 24.3 Å². The molecule has 0 saturated heterocycles. The van der Waals surface area contributed by atoms with Crippen molar-refractivity contribution in [1.29, 1.82) is 0 Å². The summed E-state index contributed by atoms with van der Waals surface area (Å²) in [5.74, 6) is -3.00. The van der Waals surface area contributed by atoms with Gasteiger partial charge in [-0.25, -0.2) is 0 Å². The van der Waals surface area contributed by atoms with Crippen LogP contribution in [-0.2, 0) is 16.0 Å². The van der Waals surface area contributed by atoms with Crippen molar-refractivity contribution in [2.45, 2.75) is 19.4 Å². The molecule has 7 heteroatoms. The summed E-state index contributed by atoms with van der Waals surface area (Å²) in [6, 6.07) is 10.9. The molecule has 2 amide bonds. The topological polar surface area (TPSA) is 104 Å². The molecule has 1 aliphatic heterocycles. The molecule has 0 aromatic heterocycles. The predicted octanol–water partition coefficient (Wildman–Crippen LogP) is 0.569. The van der Waals surface area contributed by atoms with Crippen LogP contribution in [0.4, 0.5) is 0 Å². The first-order valence-corrected chi connectivity index (χ1v) is 7.83. The van der Waals surface area contributed by atoms with Crippen LogP contribution < -0.4 is 9.84 Å². The molecule has 0 radical (unpaired) electrons. The third-order valence-corrected chi connectivity index (χ3v) is 4.02. The minimum absolute atomic E-state index is 0.117. The fourth-order valence-electron chi connectivity index (χ4n) is 2.85. The SMILES string of the molecule is CC(=O)Oc1ccc(C[C@H](C(=O)[O-])N2C(=O)c3ccccc3C2=O)cc1. The highest BCUT2D eigenvalue weighted by Crippen LogP contribution is 2.26. The van der Waals surface area contributed by atoms with Gasteiger partial charge in [-0.15, -0.1) is 0 Å². The Balaban J connectivity index is 1.85. The smallest absolute Gasteiger partial charge is 0.308 e. The highest BCUT2D eigenvalue weighted by atomic mass is 16.5. The van der Waals surface area contributed by atoms with Crippen molar-refractivity contribution in [2.75, 3.05) is 0 Å². The Morgan fingerprint density at radius 1 is 1.00 bits per heavy atom. The largest absolute Gasteiger partial charge is 0.548 e. The molecule has 0 fully saturated rings. The van der Waals surface area contributed by atoms with Crippen LogP contribution in [0, 0.1) is 0 Å². The molecule has 0 spiro atoms. The van der Waals surface area contributed by atoms with Crippen molar-refractivity contribution in [3.05, 3.63) is 65.2 Å². The molecule has 1 aliphatic rings. The number of ether oxygens (including phenoxy) is 1. The first kappa shape index (κ1) is 17.3. The highest BCUT2D eigenvalue weighted by Gasteiger charge is 2.40.